The molecule has 2 rings (SSSR count). The van der Waals surface area contributed by atoms with Gasteiger partial charge in [-0.3, -0.25) is 0 Å². The summed E-state index contributed by atoms with van der Waals surface area (Å²) >= 11 is 0. The zero-order chi connectivity index (χ0) is 14.9. The van der Waals surface area contributed by atoms with Gasteiger partial charge in [0, 0.05) is 12.1 Å². The number of nitrogens with zero attached hydrogens (tertiary/aromatic N) is 1. The van der Waals surface area contributed by atoms with Crippen LogP contribution in [-0.2, 0) is 9.84 Å². The molecule has 1 heterocycles. The number of aromatic nitrogens is 1. The summed E-state index contributed by atoms with van der Waals surface area (Å²) in [5.41, 5.74) is 2.63. The van der Waals surface area contributed by atoms with Crippen molar-refractivity contribution >= 4 is 9.84 Å². The lowest BCUT2D eigenvalue weighted by atomic mass is 10.0. The zero-order valence-corrected chi connectivity index (χ0v) is 12.5. The van der Waals surface area contributed by atoms with E-state index in [0.29, 0.717) is 4.73 Å². The van der Waals surface area contributed by atoms with Crippen molar-refractivity contribution in [3.63, 3.8) is 0 Å². The molecule has 0 saturated carbocycles. The summed E-state index contributed by atoms with van der Waals surface area (Å²) in [6.45, 7) is 5.40. The van der Waals surface area contributed by atoms with Gasteiger partial charge in [0.25, 0.3) is 0 Å². The number of pyridine rings is 1. The number of rotatable bonds is 3. The first kappa shape index (κ1) is 14.5. The van der Waals surface area contributed by atoms with Gasteiger partial charge in [-0.1, -0.05) is 23.8 Å². The van der Waals surface area contributed by atoms with E-state index in [4.69, 9.17) is 0 Å². The Kier molecular flexibility index (Phi) is 3.81. The van der Waals surface area contributed by atoms with Crippen molar-refractivity contribution < 1.29 is 13.1 Å². The van der Waals surface area contributed by atoms with Crippen molar-refractivity contribution in [2.45, 2.75) is 31.0 Å². The molecule has 1 atom stereocenters. The van der Waals surface area contributed by atoms with Gasteiger partial charge in [-0.25, -0.2) is 8.42 Å². The highest BCUT2D eigenvalue weighted by molar-refractivity contribution is 7.91. The molecule has 0 saturated heterocycles. The first-order valence-electron chi connectivity index (χ1n) is 6.33. The summed E-state index contributed by atoms with van der Waals surface area (Å²) in [7, 11) is -3.71. The third-order valence-electron chi connectivity index (χ3n) is 3.42. The van der Waals surface area contributed by atoms with E-state index in [1.807, 2.05) is 32.0 Å². The number of benzene rings is 1. The Morgan fingerprint density at radius 3 is 2.50 bits per heavy atom. The standard InChI is InChI=1S/C15H17NO3S/c1-11-7-8-12(2)14(10-11)13(3)20(18,19)15-6-4-5-9-16(15)17/h4-10,13H,1-3H3. The number of hydrogen-bond donors (Lipinski definition) is 0. The normalized spacial score (nSPS) is 13.2. The SMILES string of the molecule is Cc1ccc(C)c(C(C)S(=O)(=O)c2cccc[n+]2[O-])c1. The molecule has 0 amide bonds. The average molecular weight is 291 g/mol. The average Bonchev–Trinajstić information content (AvgIpc) is 2.41. The zero-order valence-electron chi connectivity index (χ0n) is 11.7. The Labute approximate surface area is 119 Å². The Morgan fingerprint density at radius 2 is 1.85 bits per heavy atom. The summed E-state index contributed by atoms with van der Waals surface area (Å²) in [5.74, 6) is 0. The topological polar surface area (TPSA) is 61.1 Å². The minimum Gasteiger partial charge on any atom is -0.618 e. The second-order valence-corrected chi connectivity index (χ2v) is 7.13. The lowest BCUT2D eigenvalue weighted by Gasteiger charge is -2.15. The molecule has 0 spiro atoms. The molecular formula is C15H17NO3S. The van der Waals surface area contributed by atoms with Gasteiger partial charge in [0.1, 0.15) is 0 Å². The van der Waals surface area contributed by atoms with Crippen LogP contribution in [-0.4, -0.2) is 8.42 Å². The quantitative estimate of drug-likeness (QED) is 0.644. The van der Waals surface area contributed by atoms with Crippen LogP contribution in [0.5, 0.6) is 0 Å². The molecule has 1 unspecified atom stereocenters. The minimum atomic E-state index is -3.71. The van der Waals surface area contributed by atoms with Gasteiger partial charge in [-0.2, -0.15) is 4.73 Å². The molecule has 0 aliphatic carbocycles. The molecule has 0 radical (unpaired) electrons. The van der Waals surface area contributed by atoms with E-state index in [0.717, 1.165) is 16.7 Å². The largest absolute Gasteiger partial charge is 0.618 e. The van der Waals surface area contributed by atoms with Crippen molar-refractivity contribution in [2.24, 2.45) is 0 Å². The second-order valence-electron chi connectivity index (χ2n) is 4.91. The molecule has 106 valence electrons. The highest BCUT2D eigenvalue weighted by Gasteiger charge is 2.32. The molecule has 2 aromatic rings. The predicted molar refractivity (Wildman–Crippen MR) is 76.9 cm³/mol. The van der Waals surface area contributed by atoms with Crippen LogP contribution in [0.25, 0.3) is 0 Å². The van der Waals surface area contributed by atoms with E-state index in [1.54, 1.807) is 13.0 Å². The highest BCUT2D eigenvalue weighted by atomic mass is 32.2. The van der Waals surface area contributed by atoms with Crippen LogP contribution in [0.1, 0.15) is 28.9 Å². The van der Waals surface area contributed by atoms with Crippen LogP contribution in [0.2, 0.25) is 0 Å². The fourth-order valence-electron chi connectivity index (χ4n) is 2.18. The summed E-state index contributed by atoms with van der Waals surface area (Å²) < 4.78 is 25.6. The maximum atomic E-state index is 12.6. The summed E-state index contributed by atoms with van der Waals surface area (Å²) in [5, 5.41) is 10.7. The molecule has 1 aromatic heterocycles. The van der Waals surface area contributed by atoms with Gasteiger partial charge in [0.2, 0.25) is 9.84 Å². The molecule has 0 bridgehead atoms. The third kappa shape index (κ3) is 2.54. The Balaban J connectivity index is 2.55. The Hall–Kier alpha value is -1.88. The number of hydrogen-bond acceptors (Lipinski definition) is 3. The van der Waals surface area contributed by atoms with E-state index in [2.05, 4.69) is 0 Å². The number of sulfone groups is 1. The van der Waals surface area contributed by atoms with E-state index in [-0.39, 0.29) is 5.03 Å². The molecular weight excluding hydrogens is 274 g/mol. The van der Waals surface area contributed by atoms with Crippen LogP contribution in [0.3, 0.4) is 0 Å². The smallest absolute Gasteiger partial charge is 0.309 e. The summed E-state index contributed by atoms with van der Waals surface area (Å²) in [6, 6.07) is 10.1. The van der Waals surface area contributed by atoms with Crippen LogP contribution in [0, 0.1) is 19.1 Å². The van der Waals surface area contributed by atoms with Crippen LogP contribution in [0.15, 0.2) is 47.6 Å². The number of aryl methyl sites for hydroxylation is 2. The molecule has 20 heavy (non-hydrogen) atoms. The fourth-order valence-corrected chi connectivity index (χ4v) is 3.71. The van der Waals surface area contributed by atoms with Crippen molar-refractivity contribution in [3.8, 4) is 0 Å². The third-order valence-corrected chi connectivity index (χ3v) is 5.50. The molecule has 0 aliphatic rings. The maximum Gasteiger partial charge on any atom is 0.309 e. The first-order chi connectivity index (χ1) is 9.34. The lowest BCUT2D eigenvalue weighted by molar-refractivity contribution is -0.646. The highest BCUT2D eigenvalue weighted by Crippen LogP contribution is 2.29. The first-order valence-corrected chi connectivity index (χ1v) is 7.88. The van der Waals surface area contributed by atoms with Crippen LogP contribution in [0.4, 0.5) is 0 Å². The van der Waals surface area contributed by atoms with Crippen molar-refractivity contribution in [3.05, 3.63) is 64.5 Å². The molecule has 1 aromatic carbocycles. The van der Waals surface area contributed by atoms with Crippen LogP contribution < -0.4 is 4.73 Å². The van der Waals surface area contributed by atoms with Gasteiger partial charge in [0.15, 0.2) is 6.20 Å². The van der Waals surface area contributed by atoms with E-state index < -0.39 is 15.1 Å². The summed E-state index contributed by atoms with van der Waals surface area (Å²) in [6.07, 6.45) is 1.20. The van der Waals surface area contributed by atoms with E-state index >= 15 is 0 Å². The molecule has 0 aliphatic heterocycles. The molecule has 0 fully saturated rings. The molecule has 5 heteroatoms. The monoisotopic (exact) mass is 291 g/mol. The maximum absolute atomic E-state index is 12.6. The Bertz CT molecular complexity index is 739. The fraction of sp³-hybridized carbons (Fsp3) is 0.267. The van der Waals surface area contributed by atoms with Gasteiger partial charge in [-0.05, 0) is 38.0 Å². The van der Waals surface area contributed by atoms with Gasteiger partial charge >= 0.3 is 5.03 Å². The summed E-state index contributed by atoms with van der Waals surface area (Å²) in [4.78, 5) is 0. The van der Waals surface area contributed by atoms with Crippen LogP contribution >= 0.6 is 0 Å². The predicted octanol–water partition coefficient (Wildman–Crippen LogP) is 2.47. The van der Waals surface area contributed by atoms with Gasteiger partial charge < -0.3 is 5.21 Å². The Morgan fingerprint density at radius 1 is 1.15 bits per heavy atom. The minimum absolute atomic E-state index is 0.214. The van der Waals surface area contributed by atoms with Crippen molar-refractivity contribution in [2.75, 3.05) is 0 Å². The van der Waals surface area contributed by atoms with Crippen molar-refractivity contribution in [1.29, 1.82) is 0 Å². The van der Waals surface area contributed by atoms with Crippen molar-refractivity contribution in [1.82, 2.24) is 0 Å². The van der Waals surface area contributed by atoms with Gasteiger partial charge in [-0.15, -0.1) is 0 Å². The molecule has 0 N–H and O–H groups in total. The lowest BCUT2D eigenvalue weighted by Crippen LogP contribution is -2.34. The van der Waals surface area contributed by atoms with E-state index in [1.165, 1.54) is 18.3 Å². The van der Waals surface area contributed by atoms with E-state index in [9.17, 15) is 13.6 Å². The van der Waals surface area contributed by atoms with Gasteiger partial charge in [0.05, 0.1) is 5.25 Å². The second kappa shape index (κ2) is 5.25. The molecule has 4 nitrogen and oxygen atoms in total.